The van der Waals surface area contributed by atoms with Gasteiger partial charge in [0.05, 0.1) is 0 Å². The van der Waals surface area contributed by atoms with Crippen molar-refractivity contribution in [1.82, 2.24) is 5.32 Å². The Hall–Kier alpha value is -0.374. The lowest BCUT2D eigenvalue weighted by Gasteiger charge is -2.08. The van der Waals surface area contributed by atoms with E-state index in [2.05, 4.69) is 18.2 Å². The molecule has 2 N–H and O–H groups in total. The average Bonchev–Trinajstić information content (AvgIpc) is 2.48. The number of benzene rings is 1. The Kier molecular flexibility index (Phi) is 16.4. The van der Waals surface area contributed by atoms with Gasteiger partial charge in [-0.05, 0) is 32.9 Å². The molecule has 1 amide bonds. The molecule has 0 saturated carbocycles. The summed E-state index contributed by atoms with van der Waals surface area (Å²) in [4.78, 5) is 20.1. The van der Waals surface area contributed by atoms with Gasteiger partial charge in [-0.15, -0.1) is 11.6 Å². The minimum absolute atomic E-state index is 0.105. The van der Waals surface area contributed by atoms with Gasteiger partial charge in [0, 0.05) is 12.5 Å². The van der Waals surface area contributed by atoms with Gasteiger partial charge in [0.1, 0.15) is 11.2 Å². The van der Waals surface area contributed by atoms with Gasteiger partial charge in [-0.3, -0.25) is 22.5 Å². The van der Waals surface area contributed by atoms with Gasteiger partial charge in [-0.25, -0.2) is 4.39 Å². The van der Waals surface area contributed by atoms with E-state index in [4.69, 9.17) is 16.7 Å². The third-order valence-electron chi connectivity index (χ3n) is 2.16. The maximum Gasteiger partial charge on any atom is 0.506 e. The highest BCUT2D eigenvalue weighted by Crippen LogP contribution is 1.93. The van der Waals surface area contributed by atoms with Gasteiger partial charge >= 0.3 is 24.2 Å². The van der Waals surface area contributed by atoms with Gasteiger partial charge in [0.2, 0.25) is 5.91 Å². The molecular formula is C15H22BrClFMgNO3. The molecular weight excluding hydrogens is 401 g/mol. The topological polar surface area (TPSA) is 66.4 Å². The fraction of sp³-hybridized carbons (Fsp3) is 0.467. The van der Waals surface area contributed by atoms with E-state index in [0.717, 1.165) is 0 Å². The number of halogens is 3. The minimum atomic E-state index is -0.745. The van der Waals surface area contributed by atoms with Gasteiger partial charge in [0.15, 0.2) is 0 Å². The number of hydrogen-bond acceptors (Lipinski definition) is 2. The number of rotatable bonds is 4. The molecule has 1 unspecified atom stereocenters. The quantitative estimate of drug-likeness (QED) is 0.578. The predicted octanol–water partition coefficient (Wildman–Crippen LogP) is 3.08. The van der Waals surface area contributed by atoms with Crippen molar-refractivity contribution in [3.05, 3.63) is 30.1 Å². The third-order valence-corrected chi connectivity index (χ3v) is 5.08. The molecule has 1 rings (SSSR count). The van der Waals surface area contributed by atoms with E-state index in [1.54, 1.807) is 13.8 Å². The van der Waals surface area contributed by atoms with E-state index in [0.29, 0.717) is 0 Å². The van der Waals surface area contributed by atoms with Crippen molar-refractivity contribution in [2.24, 2.45) is 0 Å². The van der Waals surface area contributed by atoms with E-state index >= 15 is 0 Å². The molecule has 1 aromatic rings. The van der Waals surface area contributed by atoms with Crippen LogP contribution in [0.3, 0.4) is 0 Å². The molecule has 0 bridgehead atoms. The first-order valence-electron chi connectivity index (χ1n) is 7.10. The molecule has 0 radical (unpaired) electrons. The Morgan fingerprint density at radius 1 is 1.30 bits per heavy atom. The third kappa shape index (κ3) is 17.8. The highest BCUT2D eigenvalue weighted by Gasteiger charge is 2.08. The normalized spacial score (nSPS) is 10.3. The summed E-state index contributed by atoms with van der Waals surface area (Å²) in [6.07, 6.45) is 0.222. The Morgan fingerprint density at radius 2 is 1.74 bits per heavy atom. The molecule has 1 atom stereocenters. The van der Waals surface area contributed by atoms with Gasteiger partial charge in [0.25, 0.3) is 0 Å². The van der Waals surface area contributed by atoms with Crippen LogP contribution in [0.15, 0.2) is 24.3 Å². The van der Waals surface area contributed by atoms with Crippen molar-refractivity contribution >= 4 is 58.2 Å². The number of alkyl halides is 1. The van der Waals surface area contributed by atoms with Crippen molar-refractivity contribution < 1.29 is 19.1 Å². The number of aliphatic carboxylic acids is 1. The Morgan fingerprint density at radius 3 is 1.96 bits per heavy atom. The SMILES string of the molecule is CC(C)NC(=O)C(C)Cl.CCC(=O)O.Fc1cc[c]([Mg][Br])cc1. The standard InChI is InChI=1S/C6H12ClNO.C6H4F.C3H6O2.BrH.Mg/c1-4(2)8-6(9)5(3)7;7-6-4-2-1-3-5-6;1-2-3(4)5;;/h4-5H,1-3H3,(H,8,9);2-5H;2H2,1H3,(H,4,5);1H;/q;;;;+1/p-1. The number of carboxylic acid groups (broad SMARTS) is 1. The molecule has 0 aliphatic carbocycles. The zero-order chi connectivity index (χ0) is 18.4. The number of carbonyl (C=O) groups excluding carboxylic acids is 1. The van der Waals surface area contributed by atoms with Crippen LogP contribution in [0.25, 0.3) is 0 Å². The first kappa shape index (κ1) is 24.9. The first-order valence-corrected chi connectivity index (χ1v) is 12.1. The summed E-state index contributed by atoms with van der Waals surface area (Å²) in [6, 6.07) is 6.79. The fourth-order valence-electron chi connectivity index (χ4n) is 0.973. The second-order valence-corrected chi connectivity index (χ2v) is 8.21. The van der Waals surface area contributed by atoms with Crippen molar-refractivity contribution in [3.8, 4) is 0 Å². The van der Waals surface area contributed by atoms with Crippen molar-refractivity contribution in [3.63, 3.8) is 0 Å². The number of hydrogen-bond donors (Lipinski definition) is 2. The summed E-state index contributed by atoms with van der Waals surface area (Å²) in [5, 5.41) is 9.97. The smallest absolute Gasteiger partial charge is 0.481 e. The largest absolute Gasteiger partial charge is 0.506 e. The molecule has 0 saturated heterocycles. The number of carbonyl (C=O) groups is 2. The number of amides is 1. The monoisotopic (exact) mass is 421 g/mol. The molecule has 8 heteroatoms. The van der Waals surface area contributed by atoms with Crippen LogP contribution in [0.4, 0.5) is 4.39 Å². The summed E-state index contributed by atoms with van der Waals surface area (Å²) in [7, 11) is 0. The zero-order valence-electron chi connectivity index (χ0n) is 13.8. The van der Waals surface area contributed by atoms with E-state index in [1.807, 2.05) is 26.0 Å². The summed E-state index contributed by atoms with van der Waals surface area (Å²) in [5.41, 5.74) is 0. The molecule has 4 nitrogen and oxygen atoms in total. The van der Waals surface area contributed by atoms with Crippen LogP contribution >= 0.6 is 24.5 Å². The van der Waals surface area contributed by atoms with Crippen molar-refractivity contribution in [1.29, 1.82) is 0 Å². The van der Waals surface area contributed by atoms with Crippen molar-refractivity contribution in [2.45, 2.75) is 45.5 Å². The molecule has 23 heavy (non-hydrogen) atoms. The summed E-state index contributed by atoms with van der Waals surface area (Å²) in [5.74, 6) is -1.01. The first-order chi connectivity index (χ1) is 10.6. The van der Waals surface area contributed by atoms with E-state index in [9.17, 15) is 14.0 Å². The van der Waals surface area contributed by atoms with Gasteiger partial charge in [-0.1, -0.05) is 19.1 Å². The summed E-state index contributed by atoms with van der Waals surface area (Å²) >= 11 is 8.58. The number of nitrogens with one attached hydrogen (secondary N) is 1. The summed E-state index contributed by atoms with van der Waals surface area (Å²) in [6.45, 7) is 7.05. The van der Waals surface area contributed by atoms with Gasteiger partial charge in [-0.2, -0.15) is 3.69 Å². The molecule has 0 spiro atoms. The van der Waals surface area contributed by atoms with E-state index < -0.39 is 11.3 Å². The molecule has 0 aliphatic heterocycles. The Labute approximate surface area is 157 Å². The summed E-state index contributed by atoms with van der Waals surface area (Å²) < 4.78 is 13.5. The lowest BCUT2D eigenvalue weighted by Crippen LogP contribution is -2.34. The highest BCUT2D eigenvalue weighted by atomic mass is 79.9. The molecule has 0 aliphatic rings. The molecule has 0 aromatic heterocycles. The maximum absolute atomic E-state index is 12.2. The van der Waals surface area contributed by atoms with E-state index in [1.165, 1.54) is 15.8 Å². The molecule has 128 valence electrons. The van der Waals surface area contributed by atoms with Crippen LogP contribution in [0, 0.1) is 5.82 Å². The second-order valence-electron chi connectivity index (χ2n) is 4.79. The van der Waals surface area contributed by atoms with Crippen LogP contribution in [-0.4, -0.2) is 46.6 Å². The van der Waals surface area contributed by atoms with Crippen LogP contribution in [-0.2, 0) is 9.59 Å². The van der Waals surface area contributed by atoms with Crippen LogP contribution in [0.5, 0.6) is 0 Å². The Balaban J connectivity index is 0. The lowest BCUT2D eigenvalue weighted by atomic mass is 10.3. The van der Waals surface area contributed by atoms with Crippen LogP contribution in [0.2, 0.25) is 0 Å². The molecule has 1 aromatic carbocycles. The van der Waals surface area contributed by atoms with E-state index in [-0.39, 0.29) is 42.4 Å². The number of carboxylic acids is 1. The Bertz CT molecular complexity index is 459. The van der Waals surface area contributed by atoms with Gasteiger partial charge < -0.3 is 10.4 Å². The molecule has 0 fully saturated rings. The van der Waals surface area contributed by atoms with Crippen LogP contribution < -0.4 is 9.01 Å². The van der Waals surface area contributed by atoms with Crippen molar-refractivity contribution in [2.75, 3.05) is 0 Å². The van der Waals surface area contributed by atoms with Crippen LogP contribution in [0.1, 0.15) is 34.1 Å². The highest BCUT2D eigenvalue weighted by molar-refractivity contribution is 9.23. The average molecular weight is 423 g/mol. The lowest BCUT2D eigenvalue weighted by molar-refractivity contribution is -0.136. The second kappa shape index (κ2) is 15.2. The maximum atomic E-state index is 12.2. The fourth-order valence-corrected chi connectivity index (χ4v) is 2.57. The molecule has 0 heterocycles. The predicted molar refractivity (Wildman–Crippen MR) is 97.2 cm³/mol. The minimum Gasteiger partial charge on any atom is -0.481 e. The zero-order valence-corrected chi connectivity index (χ0v) is 17.5.